The van der Waals surface area contributed by atoms with Gasteiger partial charge in [0.1, 0.15) is 10.6 Å². The van der Waals surface area contributed by atoms with Crippen LogP contribution < -0.4 is 4.74 Å². The molecular weight excluding hydrogens is 266 g/mol. The third-order valence-corrected chi connectivity index (χ3v) is 5.88. The highest BCUT2D eigenvalue weighted by molar-refractivity contribution is 7.93. The van der Waals surface area contributed by atoms with Crippen molar-refractivity contribution in [2.24, 2.45) is 11.1 Å². The summed E-state index contributed by atoms with van der Waals surface area (Å²) in [5.41, 5.74) is 1.20. The zero-order chi connectivity index (χ0) is 13.8. The Hall–Kier alpha value is -1.56. The third-order valence-electron chi connectivity index (χ3n) is 3.60. The Balaban J connectivity index is 2.12. The van der Waals surface area contributed by atoms with Crippen LogP contribution in [0.1, 0.15) is 32.3 Å². The molecule has 0 saturated heterocycles. The van der Waals surface area contributed by atoms with E-state index in [4.69, 9.17) is 9.94 Å². The number of hydrogen-bond acceptors (Lipinski definition) is 5. The van der Waals surface area contributed by atoms with Crippen molar-refractivity contribution in [1.29, 1.82) is 0 Å². The van der Waals surface area contributed by atoms with Gasteiger partial charge in [-0.2, -0.15) is 0 Å². The molecule has 5 nitrogen and oxygen atoms in total. The molecule has 0 bridgehead atoms. The molecule has 19 heavy (non-hydrogen) atoms. The fourth-order valence-electron chi connectivity index (χ4n) is 2.28. The maximum Gasteiger partial charge on any atom is 0.222 e. The minimum atomic E-state index is -3.51. The molecule has 0 atom stereocenters. The molecule has 1 fully saturated rings. The van der Waals surface area contributed by atoms with Crippen LogP contribution in [-0.4, -0.2) is 24.3 Å². The lowest BCUT2D eigenvalue weighted by Crippen LogP contribution is -2.32. The first-order chi connectivity index (χ1) is 8.87. The summed E-state index contributed by atoms with van der Waals surface area (Å²) in [7, 11) is -3.51. The Morgan fingerprint density at radius 2 is 2.11 bits per heavy atom. The van der Waals surface area contributed by atoms with E-state index in [-0.39, 0.29) is 10.8 Å². The quantitative estimate of drug-likeness (QED) is 0.512. The molecule has 6 heteroatoms. The van der Waals surface area contributed by atoms with Crippen molar-refractivity contribution in [3.8, 4) is 5.75 Å². The number of ether oxygens (including phenoxy) is 1. The van der Waals surface area contributed by atoms with Gasteiger partial charge in [0.15, 0.2) is 0 Å². The SMILES string of the molecule is CC1(C)Oc2ccc(C(=NO)C3CC3)cc2S1(=O)=O. The summed E-state index contributed by atoms with van der Waals surface area (Å²) in [6.07, 6.45) is 1.95. The highest BCUT2D eigenvalue weighted by Gasteiger charge is 2.46. The lowest BCUT2D eigenvalue weighted by atomic mass is 10.1. The number of benzene rings is 1. The normalized spacial score (nSPS) is 23.8. The van der Waals surface area contributed by atoms with Crippen LogP contribution in [0.3, 0.4) is 0 Å². The molecule has 1 heterocycles. The summed E-state index contributed by atoms with van der Waals surface area (Å²) < 4.78 is 30.1. The van der Waals surface area contributed by atoms with E-state index >= 15 is 0 Å². The van der Waals surface area contributed by atoms with Gasteiger partial charge in [0.2, 0.25) is 14.8 Å². The Morgan fingerprint density at radius 1 is 1.42 bits per heavy atom. The van der Waals surface area contributed by atoms with Gasteiger partial charge in [-0.1, -0.05) is 5.16 Å². The van der Waals surface area contributed by atoms with Crippen LogP contribution in [-0.2, 0) is 9.84 Å². The number of nitrogens with zero attached hydrogens (tertiary/aromatic N) is 1. The Bertz CT molecular complexity index is 672. The van der Waals surface area contributed by atoms with Gasteiger partial charge in [0, 0.05) is 11.5 Å². The first kappa shape index (κ1) is 12.5. The van der Waals surface area contributed by atoms with Crippen LogP contribution in [0.2, 0.25) is 0 Å². The monoisotopic (exact) mass is 281 g/mol. The van der Waals surface area contributed by atoms with Crippen molar-refractivity contribution in [3.63, 3.8) is 0 Å². The lowest BCUT2D eigenvalue weighted by Gasteiger charge is -2.15. The summed E-state index contributed by atoms with van der Waals surface area (Å²) in [6.45, 7) is 3.06. The largest absolute Gasteiger partial charge is 0.470 e. The fourth-order valence-corrected chi connectivity index (χ4v) is 3.66. The molecule has 0 spiro atoms. The summed E-state index contributed by atoms with van der Waals surface area (Å²) in [6, 6.07) is 4.92. The second-order valence-electron chi connectivity index (χ2n) is 5.43. The number of sulfone groups is 1. The zero-order valence-corrected chi connectivity index (χ0v) is 11.6. The van der Waals surface area contributed by atoms with Crippen LogP contribution in [0, 0.1) is 5.92 Å². The molecule has 1 saturated carbocycles. The van der Waals surface area contributed by atoms with Gasteiger partial charge >= 0.3 is 0 Å². The molecule has 1 aromatic rings. The van der Waals surface area contributed by atoms with Gasteiger partial charge in [-0.05, 0) is 44.9 Å². The Morgan fingerprint density at radius 3 is 2.68 bits per heavy atom. The molecule has 0 radical (unpaired) electrons. The number of rotatable bonds is 2. The maximum absolute atomic E-state index is 12.3. The molecule has 0 unspecified atom stereocenters. The van der Waals surface area contributed by atoms with Crippen LogP contribution >= 0.6 is 0 Å². The summed E-state index contributed by atoms with van der Waals surface area (Å²) in [5.74, 6) is 0.600. The fraction of sp³-hybridized carbons (Fsp3) is 0.462. The van der Waals surface area contributed by atoms with Gasteiger partial charge in [-0.25, -0.2) is 8.42 Å². The molecule has 0 aromatic heterocycles. The number of oxime groups is 1. The van der Waals surface area contributed by atoms with Crippen molar-refractivity contribution < 1.29 is 18.4 Å². The minimum Gasteiger partial charge on any atom is -0.470 e. The van der Waals surface area contributed by atoms with Crippen LogP contribution in [0.5, 0.6) is 5.75 Å². The first-order valence-corrected chi connectivity index (χ1v) is 7.65. The van der Waals surface area contributed by atoms with E-state index in [1.807, 2.05) is 0 Å². The van der Waals surface area contributed by atoms with E-state index in [0.29, 0.717) is 17.0 Å². The molecule has 0 amide bonds. The topological polar surface area (TPSA) is 76.0 Å². The van der Waals surface area contributed by atoms with Crippen molar-refractivity contribution in [1.82, 2.24) is 0 Å². The molecular formula is C13H15NO4S. The predicted octanol–water partition coefficient (Wildman–Crippen LogP) is 2.18. The standard InChI is InChI=1S/C13H15NO4S/c1-13(2)18-10-6-5-9(7-11(10)19(13,16)17)12(14-15)8-3-4-8/h5-8,15H,3-4H2,1-2H3. The molecule has 1 aliphatic heterocycles. The molecule has 2 aliphatic rings. The van der Waals surface area contributed by atoms with Gasteiger partial charge < -0.3 is 9.94 Å². The molecule has 1 aliphatic carbocycles. The van der Waals surface area contributed by atoms with Crippen molar-refractivity contribution in [2.45, 2.75) is 36.5 Å². The van der Waals surface area contributed by atoms with E-state index in [1.165, 1.54) is 13.8 Å². The van der Waals surface area contributed by atoms with Gasteiger partial charge in [0.25, 0.3) is 0 Å². The van der Waals surface area contributed by atoms with Crippen LogP contribution in [0.25, 0.3) is 0 Å². The smallest absolute Gasteiger partial charge is 0.222 e. The van der Waals surface area contributed by atoms with E-state index in [9.17, 15) is 8.42 Å². The average Bonchev–Trinajstić information content (AvgIpc) is 3.12. The summed E-state index contributed by atoms with van der Waals surface area (Å²) >= 11 is 0. The van der Waals surface area contributed by atoms with E-state index < -0.39 is 14.8 Å². The van der Waals surface area contributed by atoms with Gasteiger partial charge in [-0.3, -0.25) is 0 Å². The number of fused-ring (bicyclic) bond motifs is 1. The third kappa shape index (κ3) is 1.74. The van der Waals surface area contributed by atoms with Crippen molar-refractivity contribution in [2.75, 3.05) is 0 Å². The second kappa shape index (κ2) is 3.72. The zero-order valence-electron chi connectivity index (χ0n) is 10.8. The highest BCUT2D eigenvalue weighted by atomic mass is 32.2. The first-order valence-electron chi connectivity index (χ1n) is 6.17. The van der Waals surface area contributed by atoms with E-state index in [0.717, 1.165) is 12.8 Å². The predicted molar refractivity (Wildman–Crippen MR) is 69.4 cm³/mol. The molecule has 1 aromatic carbocycles. The highest BCUT2D eigenvalue weighted by Crippen LogP contribution is 2.43. The van der Waals surface area contributed by atoms with Gasteiger partial charge in [0.05, 0.1) is 5.71 Å². The Labute approximate surface area is 111 Å². The summed E-state index contributed by atoms with van der Waals surface area (Å²) in [4.78, 5) is -1.07. The molecule has 1 N–H and O–H groups in total. The van der Waals surface area contributed by atoms with Gasteiger partial charge in [-0.15, -0.1) is 0 Å². The average molecular weight is 281 g/mol. The molecule has 102 valence electrons. The lowest BCUT2D eigenvalue weighted by molar-refractivity contribution is 0.204. The minimum absolute atomic E-state index is 0.178. The summed E-state index contributed by atoms with van der Waals surface area (Å²) in [5, 5.41) is 12.4. The molecule has 3 rings (SSSR count). The van der Waals surface area contributed by atoms with Crippen molar-refractivity contribution >= 4 is 15.5 Å². The second-order valence-corrected chi connectivity index (χ2v) is 7.86. The number of hydrogen-bond donors (Lipinski definition) is 1. The van der Waals surface area contributed by atoms with Crippen molar-refractivity contribution in [3.05, 3.63) is 23.8 Å². The maximum atomic E-state index is 12.3. The van der Waals surface area contributed by atoms with E-state index in [2.05, 4.69) is 5.16 Å². The van der Waals surface area contributed by atoms with Crippen LogP contribution in [0.4, 0.5) is 0 Å². The van der Waals surface area contributed by atoms with E-state index in [1.54, 1.807) is 18.2 Å². The van der Waals surface area contributed by atoms with Crippen LogP contribution in [0.15, 0.2) is 28.3 Å². The Kier molecular flexibility index (Phi) is 2.44.